The molecule has 0 atom stereocenters. The molecular weight excluding hydrogens is 653 g/mol. The largest absolute Gasteiger partial charge is 0.310 e. The van der Waals surface area contributed by atoms with Gasteiger partial charge in [-0.15, -0.1) is 0 Å². The summed E-state index contributed by atoms with van der Waals surface area (Å²) in [6.45, 7) is 0. The van der Waals surface area contributed by atoms with Crippen LogP contribution in [0.15, 0.2) is 218 Å². The van der Waals surface area contributed by atoms with E-state index in [4.69, 9.17) is 0 Å². The monoisotopic (exact) mass is 688 g/mol. The molecule has 2 nitrogen and oxygen atoms in total. The van der Waals surface area contributed by atoms with Crippen LogP contribution in [0.5, 0.6) is 0 Å². The number of hydrogen-bond donors (Lipinski definition) is 0. The van der Waals surface area contributed by atoms with Crippen LogP contribution in [0.3, 0.4) is 0 Å². The van der Waals surface area contributed by atoms with Crippen LogP contribution in [0, 0.1) is 0 Å². The molecule has 10 rings (SSSR count). The van der Waals surface area contributed by atoms with Gasteiger partial charge in [0.05, 0.1) is 16.7 Å². The van der Waals surface area contributed by atoms with Gasteiger partial charge in [-0.25, -0.2) is 0 Å². The van der Waals surface area contributed by atoms with Gasteiger partial charge in [0.15, 0.2) is 0 Å². The van der Waals surface area contributed by atoms with Gasteiger partial charge in [0.2, 0.25) is 0 Å². The summed E-state index contributed by atoms with van der Waals surface area (Å²) in [7, 11) is 0. The minimum atomic E-state index is 1.10. The molecule has 1 heterocycles. The predicted molar refractivity (Wildman–Crippen MR) is 229 cm³/mol. The highest BCUT2D eigenvalue weighted by molar-refractivity contribution is 6.17. The molecule has 0 bridgehead atoms. The molecule has 54 heavy (non-hydrogen) atoms. The molecule has 0 fully saturated rings. The minimum Gasteiger partial charge on any atom is -0.310 e. The Hall–Kier alpha value is -7.16. The van der Waals surface area contributed by atoms with Crippen molar-refractivity contribution in [3.05, 3.63) is 218 Å². The van der Waals surface area contributed by atoms with Crippen molar-refractivity contribution in [2.24, 2.45) is 0 Å². The molecule has 254 valence electrons. The van der Waals surface area contributed by atoms with E-state index < -0.39 is 0 Å². The molecule has 0 aliphatic heterocycles. The summed E-state index contributed by atoms with van der Waals surface area (Å²) < 4.78 is 2.43. The lowest BCUT2D eigenvalue weighted by atomic mass is 9.95. The number of rotatable bonds is 7. The molecule has 10 aromatic rings. The fourth-order valence-corrected chi connectivity index (χ4v) is 8.14. The van der Waals surface area contributed by atoms with Gasteiger partial charge in [-0.2, -0.15) is 0 Å². The van der Waals surface area contributed by atoms with E-state index in [-0.39, 0.29) is 0 Å². The van der Waals surface area contributed by atoms with E-state index in [1.807, 2.05) is 0 Å². The standard InChI is InChI=1S/C52H36N2/c1-5-17-37(18-6-1)39-21-15-22-40(35-39)45-29-16-30-50-52(45)48-32-31-43(36-51(48)54(50)42-25-11-4-12-26-42)53(41-23-9-3-10-24-41)49-34-33-44(38-19-7-2-8-20-38)46-27-13-14-28-47(46)49/h1-36H. The number of aromatic nitrogens is 1. The zero-order valence-electron chi connectivity index (χ0n) is 29.7. The second-order valence-corrected chi connectivity index (χ2v) is 13.7. The van der Waals surface area contributed by atoms with Crippen LogP contribution in [0.4, 0.5) is 17.1 Å². The van der Waals surface area contributed by atoms with E-state index in [1.54, 1.807) is 0 Å². The van der Waals surface area contributed by atoms with Crippen molar-refractivity contribution >= 4 is 49.6 Å². The van der Waals surface area contributed by atoms with Gasteiger partial charge >= 0.3 is 0 Å². The molecule has 9 aromatic carbocycles. The SMILES string of the molecule is c1ccc(-c2cccc(-c3cccc4c3c3ccc(N(c5ccccc5)c5ccc(-c6ccccc6)c6ccccc56)cc3n4-c3ccccc3)c2)cc1. The zero-order chi connectivity index (χ0) is 35.8. The van der Waals surface area contributed by atoms with E-state index in [2.05, 4.69) is 228 Å². The van der Waals surface area contributed by atoms with Gasteiger partial charge < -0.3 is 9.47 Å². The second-order valence-electron chi connectivity index (χ2n) is 13.7. The molecule has 0 aliphatic carbocycles. The third-order valence-electron chi connectivity index (χ3n) is 10.6. The van der Waals surface area contributed by atoms with Crippen LogP contribution in [0.25, 0.3) is 71.6 Å². The molecule has 1 aromatic heterocycles. The van der Waals surface area contributed by atoms with Gasteiger partial charge in [0.1, 0.15) is 0 Å². The molecule has 2 heteroatoms. The fourth-order valence-electron chi connectivity index (χ4n) is 8.14. The highest BCUT2D eigenvalue weighted by Gasteiger charge is 2.21. The summed E-state index contributed by atoms with van der Waals surface area (Å²) in [5.74, 6) is 0. The summed E-state index contributed by atoms with van der Waals surface area (Å²) in [5.41, 5.74) is 14.1. The average Bonchev–Trinajstić information content (AvgIpc) is 3.59. The molecule has 0 amide bonds. The van der Waals surface area contributed by atoms with Gasteiger partial charge in [-0.3, -0.25) is 0 Å². The highest BCUT2D eigenvalue weighted by atomic mass is 15.1. The van der Waals surface area contributed by atoms with E-state index in [0.29, 0.717) is 0 Å². The average molecular weight is 689 g/mol. The minimum absolute atomic E-state index is 1.10. The predicted octanol–water partition coefficient (Wildman–Crippen LogP) is 14.4. The first-order valence-electron chi connectivity index (χ1n) is 18.5. The lowest BCUT2D eigenvalue weighted by Gasteiger charge is -2.27. The van der Waals surface area contributed by atoms with E-state index in [0.717, 1.165) is 28.3 Å². The maximum atomic E-state index is 2.43. The Morgan fingerprint density at radius 1 is 0.315 bits per heavy atom. The Morgan fingerprint density at radius 2 is 0.926 bits per heavy atom. The molecule has 0 aliphatic rings. The Bertz CT molecular complexity index is 2910. The van der Waals surface area contributed by atoms with Crippen molar-refractivity contribution in [3.8, 4) is 39.1 Å². The van der Waals surface area contributed by atoms with Crippen molar-refractivity contribution in [2.45, 2.75) is 0 Å². The Labute approximate surface area is 315 Å². The van der Waals surface area contributed by atoms with Crippen molar-refractivity contribution in [2.75, 3.05) is 4.90 Å². The molecule has 0 N–H and O–H groups in total. The van der Waals surface area contributed by atoms with Crippen LogP contribution >= 0.6 is 0 Å². The summed E-state index contributed by atoms with van der Waals surface area (Å²) >= 11 is 0. The van der Waals surface area contributed by atoms with Crippen molar-refractivity contribution in [1.29, 1.82) is 0 Å². The smallest absolute Gasteiger partial charge is 0.0562 e. The Balaban J connectivity index is 1.22. The Morgan fingerprint density at radius 3 is 1.69 bits per heavy atom. The van der Waals surface area contributed by atoms with Crippen molar-refractivity contribution < 1.29 is 0 Å². The second kappa shape index (κ2) is 13.4. The summed E-state index contributed by atoms with van der Waals surface area (Å²) in [5, 5.41) is 4.89. The van der Waals surface area contributed by atoms with E-state index in [9.17, 15) is 0 Å². The van der Waals surface area contributed by atoms with Crippen LogP contribution in [-0.2, 0) is 0 Å². The number of hydrogen-bond acceptors (Lipinski definition) is 1. The third-order valence-corrected chi connectivity index (χ3v) is 10.6. The third kappa shape index (κ3) is 5.44. The lowest BCUT2D eigenvalue weighted by Crippen LogP contribution is -2.10. The molecule has 0 saturated carbocycles. The van der Waals surface area contributed by atoms with Crippen LogP contribution < -0.4 is 4.90 Å². The molecule has 0 saturated heterocycles. The van der Waals surface area contributed by atoms with E-state index in [1.165, 1.54) is 60.4 Å². The van der Waals surface area contributed by atoms with Gasteiger partial charge in [0, 0.05) is 33.2 Å². The highest BCUT2D eigenvalue weighted by Crippen LogP contribution is 2.45. The molecule has 0 spiro atoms. The molecular formula is C52H36N2. The lowest BCUT2D eigenvalue weighted by molar-refractivity contribution is 1.18. The zero-order valence-corrected chi connectivity index (χ0v) is 29.7. The van der Waals surface area contributed by atoms with Crippen molar-refractivity contribution in [3.63, 3.8) is 0 Å². The maximum Gasteiger partial charge on any atom is 0.0562 e. The van der Waals surface area contributed by atoms with Gasteiger partial charge in [0.25, 0.3) is 0 Å². The number of nitrogens with zero attached hydrogens (tertiary/aromatic N) is 2. The van der Waals surface area contributed by atoms with Gasteiger partial charge in [-0.1, -0.05) is 164 Å². The van der Waals surface area contributed by atoms with Crippen molar-refractivity contribution in [1.82, 2.24) is 4.57 Å². The van der Waals surface area contributed by atoms with Gasteiger partial charge in [-0.05, 0) is 93.4 Å². The Kier molecular flexibility index (Phi) is 7.85. The first-order chi connectivity index (χ1) is 26.8. The van der Waals surface area contributed by atoms with E-state index >= 15 is 0 Å². The topological polar surface area (TPSA) is 8.17 Å². The van der Waals surface area contributed by atoms with Crippen LogP contribution in [-0.4, -0.2) is 4.57 Å². The number of fused-ring (bicyclic) bond motifs is 4. The van der Waals surface area contributed by atoms with Crippen LogP contribution in [0.2, 0.25) is 0 Å². The molecule has 0 unspecified atom stereocenters. The summed E-state index contributed by atoms with van der Waals surface area (Å²) in [6, 6.07) is 78.8. The fraction of sp³-hybridized carbons (Fsp3) is 0. The quantitative estimate of drug-likeness (QED) is 0.162. The number of benzene rings is 9. The summed E-state index contributed by atoms with van der Waals surface area (Å²) in [4.78, 5) is 2.41. The maximum absolute atomic E-state index is 2.43. The number of anilines is 3. The van der Waals surface area contributed by atoms with Crippen LogP contribution in [0.1, 0.15) is 0 Å². The summed E-state index contributed by atoms with van der Waals surface area (Å²) in [6.07, 6.45) is 0. The normalized spacial score (nSPS) is 11.3. The molecule has 0 radical (unpaired) electrons. The number of para-hydroxylation sites is 2. The first-order valence-corrected chi connectivity index (χ1v) is 18.5. The first kappa shape index (κ1) is 31.6.